The molecular formula is C21H30N2O3. The van der Waals surface area contributed by atoms with Crippen LogP contribution in [0.3, 0.4) is 0 Å². The van der Waals surface area contributed by atoms with Gasteiger partial charge in [0.05, 0.1) is 6.54 Å². The van der Waals surface area contributed by atoms with Gasteiger partial charge >= 0.3 is 5.97 Å². The molecule has 0 bridgehead atoms. The summed E-state index contributed by atoms with van der Waals surface area (Å²) in [5, 5.41) is 12.2. The molecule has 0 aromatic heterocycles. The Morgan fingerprint density at radius 2 is 1.92 bits per heavy atom. The largest absolute Gasteiger partial charge is 0.480 e. The first kappa shape index (κ1) is 18.9. The number of rotatable bonds is 10. The van der Waals surface area contributed by atoms with E-state index in [2.05, 4.69) is 29.3 Å². The molecule has 2 fully saturated rings. The molecule has 1 aromatic carbocycles. The van der Waals surface area contributed by atoms with E-state index in [0.29, 0.717) is 24.3 Å². The summed E-state index contributed by atoms with van der Waals surface area (Å²) in [4.78, 5) is 25.4. The van der Waals surface area contributed by atoms with E-state index in [1.807, 2.05) is 18.2 Å². The molecule has 2 aliphatic carbocycles. The van der Waals surface area contributed by atoms with Crippen molar-refractivity contribution in [1.82, 2.24) is 10.2 Å². The molecular weight excluding hydrogens is 328 g/mol. The summed E-state index contributed by atoms with van der Waals surface area (Å²) in [7, 11) is 0. The van der Waals surface area contributed by atoms with Crippen LogP contribution in [-0.2, 0) is 9.59 Å². The first-order valence-electron chi connectivity index (χ1n) is 9.81. The lowest BCUT2D eigenvalue weighted by Gasteiger charge is -2.42. The fourth-order valence-corrected chi connectivity index (χ4v) is 3.75. The molecule has 0 spiro atoms. The molecule has 0 saturated heterocycles. The molecule has 2 N–H and O–H groups in total. The molecule has 1 atom stereocenters. The Morgan fingerprint density at radius 1 is 1.23 bits per heavy atom. The highest BCUT2D eigenvalue weighted by Gasteiger charge is 2.37. The maximum atomic E-state index is 12.2. The van der Waals surface area contributed by atoms with Crippen molar-refractivity contribution in [2.45, 2.75) is 63.5 Å². The van der Waals surface area contributed by atoms with Crippen molar-refractivity contribution >= 4 is 11.9 Å². The predicted molar refractivity (Wildman–Crippen MR) is 101 cm³/mol. The molecule has 1 aromatic rings. The summed E-state index contributed by atoms with van der Waals surface area (Å²) in [6, 6.07) is 10.8. The zero-order chi connectivity index (χ0) is 18.5. The summed E-state index contributed by atoms with van der Waals surface area (Å²) in [5.74, 6) is 0.416. The number of carboxylic acids is 1. The lowest BCUT2D eigenvalue weighted by atomic mass is 9.85. The zero-order valence-electron chi connectivity index (χ0n) is 15.6. The minimum absolute atomic E-state index is 0.114. The molecule has 2 saturated carbocycles. The molecule has 0 heterocycles. The normalized spacial score (nSPS) is 23.3. The van der Waals surface area contributed by atoms with Gasteiger partial charge in [-0.25, -0.2) is 0 Å². The number of carboxylic acid groups (broad SMARTS) is 1. The lowest BCUT2D eigenvalue weighted by molar-refractivity contribution is -0.140. The second-order valence-corrected chi connectivity index (χ2v) is 8.01. The molecule has 142 valence electrons. The second-order valence-electron chi connectivity index (χ2n) is 8.01. The van der Waals surface area contributed by atoms with E-state index in [0.717, 1.165) is 25.8 Å². The second kappa shape index (κ2) is 8.67. The van der Waals surface area contributed by atoms with Crippen LogP contribution in [-0.4, -0.2) is 47.1 Å². The number of carbonyl (C=O) groups is 2. The minimum Gasteiger partial charge on any atom is -0.480 e. The van der Waals surface area contributed by atoms with Crippen LogP contribution in [0, 0.1) is 5.92 Å². The number of nitrogens with zero attached hydrogens (tertiary/aromatic N) is 1. The minimum atomic E-state index is -0.756. The average Bonchev–Trinajstić information content (AvgIpc) is 3.39. The third-order valence-electron chi connectivity index (χ3n) is 5.70. The van der Waals surface area contributed by atoms with Gasteiger partial charge in [-0.15, -0.1) is 0 Å². The van der Waals surface area contributed by atoms with Crippen LogP contribution in [0.15, 0.2) is 30.3 Å². The van der Waals surface area contributed by atoms with Crippen LogP contribution < -0.4 is 5.32 Å². The van der Waals surface area contributed by atoms with Crippen LogP contribution >= 0.6 is 0 Å². The fourth-order valence-electron chi connectivity index (χ4n) is 3.75. The highest BCUT2D eigenvalue weighted by molar-refractivity contribution is 5.76. The van der Waals surface area contributed by atoms with Crippen molar-refractivity contribution in [1.29, 1.82) is 0 Å². The van der Waals surface area contributed by atoms with Gasteiger partial charge in [-0.05, 0) is 49.5 Å². The number of benzene rings is 1. The molecule has 2 aliphatic rings. The van der Waals surface area contributed by atoms with Gasteiger partial charge < -0.3 is 10.4 Å². The van der Waals surface area contributed by atoms with Crippen LogP contribution in [0.5, 0.6) is 0 Å². The summed E-state index contributed by atoms with van der Waals surface area (Å²) >= 11 is 0. The molecule has 3 rings (SSSR count). The van der Waals surface area contributed by atoms with Gasteiger partial charge in [0, 0.05) is 25.0 Å². The van der Waals surface area contributed by atoms with E-state index in [9.17, 15) is 9.59 Å². The fraction of sp³-hybridized carbons (Fsp3) is 0.619. The third kappa shape index (κ3) is 5.56. The zero-order valence-corrected chi connectivity index (χ0v) is 15.6. The van der Waals surface area contributed by atoms with Crippen LogP contribution in [0.1, 0.15) is 56.9 Å². The van der Waals surface area contributed by atoms with Gasteiger partial charge in [0.15, 0.2) is 0 Å². The Balaban J connectivity index is 1.36. The predicted octanol–water partition coefficient (Wildman–Crippen LogP) is 3.01. The molecule has 1 amide bonds. The van der Waals surface area contributed by atoms with Gasteiger partial charge in [0.2, 0.25) is 5.91 Å². The molecule has 5 heteroatoms. The van der Waals surface area contributed by atoms with Gasteiger partial charge in [0.1, 0.15) is 0 Å². The lowest BCUT2D eigenvalue weighted by Crippen LogP contribution is -2.55. The van der Waals surface area contributed by atoms with Gasteiger partial charge in [-0.3, -0.25) is 14.5 Å². The molecule has 26 heavy (non-hydrogen) atoms. The van der Waals surface area contributed by atoms with Crippen molar-refractivity contribution in [3.63, 3.8) is 0 Å². The smallest absolute Gasteiger partial charge is 0.317 e. The Hall–Kier alpha value is -1.88. The number of hydrogen-bond donors (Lipinski definition) is 2. The van der Waals surface area contributed by atoms with Crippen LogP contribution in [0.25, 0.3) is 0 Å². The Morgan fingerprint density at radius 3 is 2.54 bits per heavy atom. The molecule has 1 unspecified atom stereocenters. The number of amides is 1. The summed E-state index contributed by atoms with van der Waals surface area (Å²) in [5.41, 5.74) is 1.27. The number of nitrogens with one attached hydrogen (secondary N) is 1. The Labute approximate surface area is 155 Å². The SMILES string of the molecule is CC(CCC(=O)NC1CC(N(CC(=O)O)CC2CC2)C1)c1ccccc1. The van der Waals surface area contributed by atoms with Crippen molar-refractivity contribution in [3.05, 3.63) is 35.9 Å². The van der Waals surface area contributed by atoms with Crippen LogP contribution in [0.2, 0.25) is 0 Å². The third-order valence-corrected chi connectivity index (χ3v) is 5.70. The van der Waals surface area contributed by atoms with E-state index < -0.39 is 5.97 Å². The number of aliphatic carboxylic acids is 1. The van der Waals surface area contributed by atoms with Gasteiger partial charge in [0.25, 0.3) is 0 Å². The van der Waals surface area contributed by atoms with E-state index in [1.54, 1.807) is 0 Å². The van der Waals surface area contributed by atoms with Crippen molar-refractivity contribution in [2.75, 3.05) is 13.1 Å². The number of hydrogen-bond acceptors (Lipinski definition) is 3. The molecule has 0 radical (unpaired) electrons. The summed E-state index contributed by atoms with van der Waals surface area (Å²) in [6.45, 7) is 3.17. The maximum Gasteiger partial charge on any atom is 0.317 e. The maximum absolute atomic E-state index is 12.2. The first-order valence-corrected chi connectivity index (χ1v) is 9.81. The van der Waals surface area contributed by atoms with Gasteiger partial charge in [-0.2, -0.15) is 0 Å². The monoisotopic (exact) mass is 358 g/mol. The standard InChI is InChI=1S/C21H30N2O3/c1-15(17-5-3-2-4-6-17)7-10-20(24)22-18-11-19(12-18)23(14-21(25)26)13-16-8-9-16/h2-6,15-16,18-19H,7-14H2,1H3,(H,22,24)(H,25,26). The van der Waals surface area contributed by atoms with Crippen molar-refractivity contribution in [2.24, 2.45) is 5.92 Å². The average molecular weight is 358 g/mol. The number of carbonyl (C=O) groups excluding carboxylic acids is 1. The van der Waals surface area contributed by atoms with Crippen molar-refractivity contribution < 1.29 is 14.7 Å². The van der Waals surface area contributed by atoms with Crippen LogP contribution in [0.4, 0.5) is 0 Å². The van der Waals surface area contributed by atoms with Crippen molar-refractivity contribution in [3.8, 4) is 0 Å². The van der Waals surface area contributed by atoms with E-state index in [1.165, 1.54) is 18.4 Å². The summed E-state index contributed by atoms with van der Waals surface area (Å²) in [6.07, 6.45) is 5.59. The highest BCUT2D eigenvalue weighted by atomic mass is 16.4. The quantitative estimate of drug-likeness (QED) is 0.674. The van der Waals surface area contributed by atoms with E-state index in [-0.39, 0.29) is 18.5 Å². The van der Waals surface area contributed by atoms with E-state index in [4.69, 9.17) is 5.11 Å². The topological polar surface area (TPSA) is 69.6 Å². The Kier molecular flexibility index (Phi) is 6.30. The first-order chi connectivity index (χ1) is 12.5. The Bertz CT molecular complexity index is 609. The molecule has 5 nitrogen and oxygen atoms in total. The highest BCUT2D eigenvalue weighted by Crippen LogP contribution is 2.33. The van der Waals surface area contributed by atoms with Gasteiger partial charge in [-0.1, -0.05) is 37.3 Å². The van der Waals surface area contributed by atoms with E-state index >= 15 is 0 Å². The molecule has 0 aliphatic heterocycles. The summed E-state index contributed by atoms with van der Waals surface area (Å²) < 4.78 is 0.